The number of rotatable bonds is 5. The van der Waals surface area contributed by atoms with Crippen molar-refractivity contribution >= 4 is 5.91 Å². The van der Waals surface area contributed by atoms with Gasteiger partial charge in [-0.15, -0.1) is 0 Å². The molecule has 1 aliphatic carbocycles. The molecule has 0 unspecified atom stereocenters. The van der Waals surface area contributed by atoms with Crippen LogP contribution in [0.5, 0.6) is 11.5 Å². The SMILES string of the molecule is COc1cc(C(=O)N[C@H]2CCC[C@H]2Oc2cnn(C)c2)ccc1C#N. The molecule has 1 aromatic carbocycles. The van der Waals surface area contributed by atoms with E-state index >= 15 is 0 Å². The van der Waals surface area contributed by atoms with Crippen molar-refractivity contribution in [2.75, 3.05) is 7.11 Å². The highest BCUT2D eigenvalue weighted by Gasteiger charge is 2.31. The van der Waals surface area contributed by atoms with Gasteiger partial charge in [-0.3, -0.25) is 9.48 Å². The van der Waals surface area contributed by atoms with E-state index in [1.807, 2.05) is 19.3 Å². The van der Waals surface area contributed by atoms with Gasteiger partial charge in [0.1, 0.15) is 17.9 Å². The van der Waals surface area contributed by atoms with Crippen LogP contribution in [-0.4, -0.2) is 34.9 Å². The number of methoxy groups -OCH3 is 1. The average Bonchev–Trinajstić information content (AvgIpc) is 3.23. The molecule has 2 atom stereocenters. The van der Waals surface area contributed by atoms with Crippen molar-refractivity contribution < 1.29 is 14.3 Å². The molecule has 0 radical (unpaired) electrons. The van der Waals surface area contributed by atoms with E-state index in [-0.39, 0.29) is 18.1 Å². The number of nitriles is 1. The monoisotopic (exact) mass is 340 g/mol. The molecule has 130 valence electrons. The van der Waals surface area contributed by atoms with Crippen LogP contribution in [0.15, 0.2) is 30.6 Å². The predicted octanol–water partition coefficient (Wildman–Crippen LogP) is 2.03. The number of hydrogen-bond acceptors (Lipinski definition) is 5. The van der Waals surface area contributed by atoms with Gasteiger partial charge in [0, 0.05) is 12.6 Å². The van der Waals surface area contributed by atoms with Crippen LogP contribution in [0.1, 0.15) is 35.2 Å². The number of carbonyl (C=O) groups is 1. The predicted molar refractivity (Wildman–Crippen MR) is 90.4 cm³/mol. The summed E-state index contributed by atoms with van der Waals surface area (Å²) >= 11 is 0. The second kappa shape index (κ2) is 7.26. The number of aromatic nitrogens is 2. The number of amides is 1. The molecule has 1 N–H and O–H groups in total. The molecule has 1 fully saturated rings. The summed E-state index contributed by atoms with van der Waals surface area (Å²) in [4.78, 5) is 12.5. The fraction of sp³-hybridized carbons (Fsp3) is 0.389. The van der Waals surface area contributed by atoms with Gasteiger partial charge in [0.25, 0.3) is 5.91 Å². The minimum atomic E-state index is -0.200. The van der Waals surface area contributed by atoms with Crippen LogP contribution in [0.4, 0.5) is 0 Å². The summed E-state index contributed by atoms with van der Waals surface area (Å²) in [6.45, 7) is 0. The van der Waals surface area contributed by atoms with Crippen LogP contribution in [0.3, 0.4) is 0 Å². The quantitative estimate of drug-likeness (QED) is 0.899. The van der Waals surface area contributed by atoms with Gasteiger partial charge in [0.15, 0.2) is 5.75 Å². The Morgan fingerprint density at radius 3 is 2.96 bits per heavy atom. The molecule has 7 nitrogen and oxygen atoms in total. The molecule has 1 amide bonds. The minimum Gasteiger partial charge on any atom is -0.495 e. The van der Waals surface area contributed by atoms with Gasteiger partial charge in [-0.1, -0.05) is 0 Å². The third-order valence-electron chi connectivity index (χ3n) is 4.32. The Labute approximate surface area is 146 Å². The number of aryl methyl sites for hydroxylation is 1. The van der Waals surface area contributed by atoms with Crippen molar-refractivity contribution in [1.29, 1.82) is 5.26 Å². The highest BCUT2D eigenvalue weighted by molar-refractivity contribution is 5.95. The lowest BCUT2D eigenvalue weighted by molar-refractivity contribution is 0.0893. The van der Waals surface area contributed by atoms with Crippen LogP contribution in [-0.2, 0) is 7.05 Å². The van der Waals surface area contributed by atoms with E-state index in [0.717, 1.165) is 19.3 Å². The van der Waals surface area contributed by atoms with Crippen molar-refractivity contribution in [1.82, 2.24) is 15.1 Å². The largest absolute Gasteiger partial charge is 0.495 e. The zero-order valence-corrected chi connectivity index (χ0v) is 14.2. The van der Waals surface area contributed by atoms with E-state index in [4.69, 9.17) is 14.7 Å². The summed E-state index contributed by atoms with van der Waals surface area (Å²) < 4.78 is 12.8. The van der Waals surface area contributed by atoms with Gasteiger partial charge in [-0.05, 0) is 37.5 Å². The minimum absolute atomic E-state index is 0.0608. The third-order valence-corrected chi connectivity index (χ3v) is 4.32. The second-order valence-corrected chi connectivity index (χ2v) is 6.04. The molecular formula is C18H20N4O3. The standard InChI is InChI=1S/C18H20N4O3/c1-22-11-14(10-20-22)25-16-5-3-4-15(16)21-18(23)12-6-7-13(9-19)17(8-12)24-2/h6-8,10-11,15-16H,3-5H2,1-2H3,(H,21,23)/t15-,16+/m0/s1. The van der Waals surface area contributed by atoms with Crippen LogP contribution >= 0.6 is 0 Å². The highest BCUT2D eigenvalue weighted by atomic mass is 16.5. The lowest BCUT2D eigenvalue weighted by Crippen LogP contribution is -2.42. The summed E-state index contributed by atoms with van der Waals surface area (Å²) in [5, 5.41) is 16.2. The molecule has 7 heteroatoms. The molecule has 1 aromatic heterocycles. The molecule has 1 aliphatic rings. The van der Waals surface area contributed by atoms with Crippen molar-refractivity contribution in [3.63, 3.8) is 0 Å². The number of nitrogens with one attached hydrogen (secondary N) is 1. The number of benzene rings is 1. The van der Waals surface area contributed by atoms with E-state index in [2.05, 4.69) is 10.4 Å². The highest BCUT2D eigenvalue weighted by Crippen LogP contribution is 2.25. The molecule has 3 rings (SSSR count). The lowest BCUT2D eigenvalue weighted by Gasteiger charge is -2.21. The Balaban J connectivity index is 1.68. The Kier molecular flexibility index (Phi) is 4.89. The van der Waals surface area contributed by atoms with E-state index in [9.17, 15) is 4.79 Å². The van der Waals surface area contributed by atoms with Crippen molar-refractivity contribution in [3.8, 4) is 17.6 Å². The Morgan fingerprint density at radius 1 is 1.44 bits per heavy atom. The van der Waals surface area contributed by atoms with Crippen molar-refractivity contribution in [2.24, 2.45) is 7.05 Å². The van der Waals surface area contributed by atoms with Gasteiger partial charge in [-0.25, -0.2) is 0 Å². The number of ether oxygens (including phenoxy) is 2. The summed E-state index contributed by atoms with van der Waals surface area (Å²) in [6.07, 6.45) is 6.15. The first kappa shape index (κ1) is 16.8. The molecule has 0 bridgehead atoms. The van der Waals surface area contributed by atoms with E-state index in [0.29, 0.717) is 22.6 Å². The summed E-state index contributed by atoms with van der Waals surface area (Å²) in [5.41, 5.74) is 0.862. The van der Waals surface area contributed by atoms with Gasteiger partial charge in [-0.2, -0.15) is 10.4 Å². The topological polar surface area (TPSA) is 89.2 Å². The normalized spacial score (nSPS) is 19.2. The van der Waals surface area contributed by atoms with E-state index in [1.165, 1.54) is 7.11 Å². The zero-order chi connectivity index (χ0) is 17.8. The number of nitrogens with zero attached hydrogens (tertiary/aromatic N) is 3. The summed E-state index contributed by atoms with van der Waals surface area (Å²) in [5.74, 6) is 0.896. The van der Waals surface area contributed by atoms with E-state index in [1.54, 1.807) is 29.1 Å². The summed E-state index contributed by atoms with van der Waals surface area (Å²) in [7, 11) is 3.31. The summed E-state index contributed by atoms with van der Waals surface area (Å²) in [6, 6.07) is 6.78. The smallest absolute Gasteiger partial charge is 0.251 e. The van der Waals surface area contributed by atoms with Crippen LogP contribution < -0.4 is 14.8 Å². The molecule has 0 aliphatic heterocycles. The van der Waals surface area contributed by atoms with Crippen LogP contribution in [0.2, 0.25) is 0 Å². The first-order chi connectivity index (χ1) is 12.1. The number of hydrogen-bond donors (Lipinski definition) is 1. The maximum absolute atomic E-state index is 12.5. The van der Waals surface area contributed by atoms with Crippen molar-refractivity contribution in [3.05, 3.63) is 41.7 Å². The lowest BCUT2D eigenvalue weighted by atomic mass is 10.1. The van der Waals surface area contributed by atoms with E-state index < -0.39 is 0 Å². The first-order valence-corrected chi connectivity index (χ1v) is 8.15. The number of carbonyl (C=O) groups excluding carboxylic acids is 1. The molecule has 0 spiro atoms. The Bertz CT molecular complexity index is 809. The molecule has 1 saturated carbocycles. The van der Waals surface area contributed by atoms with Gasteiger partial charge in [0.05, 0.1) is 31.1 Å². The Hall–Kier alpha value is -3.01. The first-order valence-electron chi connectivity index (χ1n) is 8.15. The van der Waals surface area contributed by atoms with Gasteiger partial charge in [0.2, 0.25) is 0 Å². The fourth-order valence-corrected chi connectivity index (χ4v) is 3.04. The maximum atomic E-state index is 12.5. The zero-order valence-electron chi connectivity index (χ0n) is 14.2. The second-order valence-electron chi connectivity index (χ2n) is 6.04. The Morgan fingerprint density at radius 2 is 2.28 bits per heavy atom. The van der Waals surface area contributed by atoms with Gasteiger partial charge >= 0.3 is 0 Å². The van der Waals surface area contributed by atoms with Gasteiger partial charge < -0.3 is 14.8 Å². The molecule has 1 heterocycles. The molecule has 25 heavy (non-hydrogen) atoms. The third kappa shape index (κ3) is 3.74. The van der Waals surface area contributed by atoms with Crippen LogP contribution in [0.25, 0.3) is 0 Å². The fourth-order valence-electron chi connectivity index (χ4n) is 3.04. The average molecular weight is 340 g/mol. The maximum Gasteiger partial charge on any atom is 0.251 e. The van der Waals surface area contributed by atoms with Crippen LogP contribution in [0, 0.1) is 11.3 Å². The molecular weight excluding hydrogens is 320 g/mol. The van der Waals surface area contributed by atoms with Crippen molar-refractivity contribution in [2.45, 2.75) is 31.4 Å². The molecule has 0 saturated heterocycles. The molecule has 2 aromatic rings.